The van der Waals surface area contributed by atoms with E-state index in [1.165, 1.54) is 11.8 Å². The van der Waals surface area contributed by atoms with E-state index in [1.54, 1.807) is 4.57 Å². The predicted molar refractivity (Wildman–Crippen MR) is 103 cm³/mol. The van der Waals surface area contributed by atoms with Crippen molar-refractivity contribution >= 4 is 34.3 Å². The van der Waals surface area contributed by atoms with Crippen LogP contribution in [0.1, 0.15) is 18.1 Å². The van der Waals surface area contributed by atoms with E-state index >= 15 is 0 Å². The highest BCUT2D eigenvalue weighted by molar-refractivity contribution is 7.98. The number of halogens is 1. The molecule has 0 atom stereocenters. The van der Waals surface area contributed by atoms with Crippen molar-refractivity contribution in [2.24, 2.45) is 0 Å². The fourth-order valence-corrected chi connectivity index (χ4v) is 4.34. The number of fused-ring (bicyclic) bond motifs is 2. The van der Waals surface area contributed by atoms with E-state index in [4.69, 9.17) is 21.1 Å². The molecule has 0 aliphatic carbocycles. The van der Waals surface area contributed by atoms with Gasteiger partial charge in [0.05, 0.1) is 17.5 Å². The van der Waals surface area contributed by atoms with Gasteiger partial charge in [-0.2, -0.15) is 0 Å². The molecule has 0 N–H and O–H groups in total. The molecule has 1 aliphatic heterocycles. The van der Waals surface area contributed by atoms with Gasteiger partial charge in [-0.3, -0.25) is 9.36 Å². The number of aromatic nitrogens is 2. The fraction of sp³-hybridized carbons (Fsp3) is 0.263. The molecule has 1 aromatic heterocycles. The summed E-state index contributed by atoms with van der Waals surface area (Å²) in [4.78, 5) is 17.4. The monoisotopic (exact) mass is 388 g/mol. The van der Waals surface area contributed by atoms with Crippen molar-refractivity contribution in [2.75, 3.05) is 6.79 Å². The normalized spacial score (nSPS) is 13.5. The quantitative estimate of drug-likeness (QED) is 0.494. The second-order valence-corrected chi connectivity index (χ2v) is 7.29. The Balaban J connectivity index is 1.71. The molecule has 0 saturated heterocycles. The minimum absolute atomic E-state index is 0.0154. The van der Waals surface area contributed by atoms with Crippen LogP contribution in [-0.4, -0.2) is 16.3 Å². The smallest absolute Gasteiger partial charge is 0.262 e. The molecule has 0 amide bonds. The van der Waals surface area contributed by atoms with E-state index in [2.05, 4.69) is 4.98 Å². The van der Waals surface area contributed by atoms with Gasteiger partial charge in [0.1, 0.15) is 5.75 Å². The summed E-state index contributed by atoms with van der Waals surface area (Å²) in [6, 6.07) is 11.2. The molecule has 4 rings (SSSR count). The number of benzene rings is 2. The average Bonchev–Trinajstić information content (AvgIpc) is 2.66. The summed E-state index contributed by atoms with van der Waals surface area (Å²) < 4.78 is 12.7. The molecule has 3 aromatic rings. The molecule has 7 heteroatoms. The van der Waals surface area contributed by atoms with Gasteiger partial charge < -0.3 is 9.47 Å². The number of para-hydroxylation sites is 1. The molecule has 0 fully saturated rings. The van der Waals surface area contributed by atoms with E-state index in [9.17, 15) is 4.79 Å². The van der Waals surface area contributed by atoms with E-state index in [1.807, 2.05) is 43.3 Å². The zero-order chi connectivity index (χ0) is 18.1. The Morgan fingerprint density at radius 3 is 3.00 bits per heavy atom. The van der Waals surface area contributed by atoms with Gasteiger partial charge in [0.2, 0.25) is 0 Å². The van der Waals surface area contributed by atoms with Gasteiger partial charge >= 0.3 is 0 Å². The van der Waals surface area contributed by atoms with Crippen molar-refractivity contribution in [3.8, 4) is 5.75 Å². The Bertz CT molecular complexity index is 1040. The maximum Gasteiger partial charge on any atom is 0.262 e. The van der Waals surface area contributed by atoms with Crippen LogP contribution >= 0.6 is 23.4 Å². The largest absolute Gasteiger partial charge is 0.467 e. The molecular formula is C19H17ClN2O3S. The van der Waals surface area contributed by atoms with E-state index in [0.717, 1.165) is 16.9 Å². The van der Waals surface area contributed by atoms with Crippen molar-refractivity contribution in [2.45, 2.75) is 31.0 Å². The minimum Gasteiger partial charge on any atom is -0.467 e. The lowest BCUT2D eigenvalue weighted by molar-refractivity contribution is -0.0168. The van der Waals surface area contributed by atoms with E-state index < -0.39 is 0 Å². The first-order valence-electron chi connectivity index (χ1n) is 8.31. The molecule has 134 valence electrons. The van der Waals surface area contributed by atoms with Crippen molar-refractivity contribution in [3.05, 3.63) is 62.9 Å². The van der Waals surface area contributed by atoms with Gasteiger partial charge in [-0.1, -0.05) is 35.5 Å². The van der Waals surface area contributed by atoms with Crippen LogP contribution in [-0.2, 0) is 23.6 Å². The van der Waals surface area contributed by atoms with Crippen LogP contribution in [0.25, 0.3) is 10.9 Å². The molecule has 1 aliphatic rings. The highest BCUT2D eigenvalue weighted by Gasteiger charge is 2.18. The van der Waals surface area contributed by atoms with Gasteiger partial charge in [-0.05, 0) is 31.2 Å². The summed E-state index contributed by atoms with van der Waals surface area (Å²) in [5.74, 6) is 1.42. The molecule has 0 bridgehead atoms. The molecule has 0 radical (unpaired) electrons. The first-order valence-corrected chi connectivity index (χ1v) is 9.68. The summed E-state index contributed by atoms with van der Waals surface area (Å²) in [6.07, 6.45) is 0. The first-order chi connectivity index (χ1) is 12.7. The second-order valence-electron chi connectivity index (χ2n) is 5.91. The second kappa shape index (κ2) is 7.31. The lowest BCUT2D eigenvalue weighted by Gasteiger charge is -2.21. The number of hydrogen-bond donors (Lipinski definition) is 0. The summed E-state index contributed by atoms with van der Waals surface area (Å²) >= 11 is 7.74. The molecule has 0 spiro atoms. The third-order valence-corrected chi connectivity index (χ3v) is 5.49. The maximum absolute atomic E-state index is 12.7. The summed E-state index contributed by atoms with van der Waals surface area (Å²) in [6.45, 7) is 3.24. The number of hydrogen-bond acceptors (Lipinski definition) is 5. The maximum atomic E-state index is 12.7. The third kappa shape index (κ3) is 3.20. The third-order valence-electron chi connectivity index (χ3n) is 4.25. The Morgan fingerprint density at radius 2 is 2.15 bits per heavy atom. The summed E-state index contributed by atoms with van der Waals surface area (Å²) in [5, 5.41) is 1.98. The molecule has 2 aromatic carbocycles. The molecule has 0 saturated carbocycles. The van der Waals surface area contributed by atoms with E-state index in [0.29, 0.717) is 40.0 Å². The van der Waals surface area contributed by atoms with E-state index in [-0.39, 0.29) is 12.4 Å². The Labute approximate surface area is 159 Å². The van der Waals surface area contributed by atoms with Crippen LogP contribution in [0.3, 0.4) is 0 Å². The summed E-state index contributed by atoms with van der Waals surface area (Å²) in [5.41, 5.74) is 2.62. The first kappa shape index (κ1) is 17.4. The van der Waals surface area contributed by atoms with Crippen molar-refractivity contribution in [3.63, 3.8) is 0 Å². The standard InChI is InChI=1S/C19H17ClN2O3S/c1-2-22-18(23)15-5-3-4-6-16(15)21-19(22)26-10-13-8-14(20)7-12-9-24-11-25-17(12)13/h3-8H,2,9-11H2,1H3. The topological polar surface area (TPSA) is 53.4 Å². The number of nitrogens with zero attached hydrogens (tertiary/aromatic N) is 2. The molecule has 0 unspecified atom stereocenters. The lowest BCUT2D eigenvalue weighted by atomic mass is 10.1. The van der Waals surface area contributed by atoms with Gasteiger partial charge in [0, 0.05) is 28.4 Å². The molecule has 5 nitrogen and oxygen atoms in total. The summed E-state index contributed by atoms with van der Waals surface area (Å²) in [7, 11) is 0. The zero-order valence-electron chi connectivity index (χ0n) is 14.2. The van der Waals surface area contributed by atoms with Crippen molar-refractivity contribution < 1.29 is 9.47 Å². The highest BCUT2D eigenvalue weighted by Crippen LogP contribution is 2.35. The number of rotatable bonds is 4. The van der Waals surface area contributed by atoms with Crippen LogP contribution < -0.4 is 10.3 Å². The van der Waals surface area contributed by atoms with Gasteiger partial charge in [-0.25, -0.2) is 4.98 Å². The SMILES string of the molecule is CCn1c(SCc2cc(Cl)cc3c2OCOC3)nc2ccccc2c1=O. The molecule has 2 heterocycles. The Kier molecular flexibility index (Phi) is 4.89. The van der Waals surface area contributed by atoms with Crippen molar-refractivity contribution in [1.82, 2.24) is 9.55 Å². The molecular weight excluding hydrogens is 372 g/mol. The average molecular weight is 389 g/mol. The molecule has 26 heavy (non-hydrogen) atoms. The zero-order valence-corrected chi connectivity index (χ0v) is 15.8. The van der Waals surface area contributed by atoms with Gasteiger partial charge in [-0.15, -0.1) is 0 Å². The lowest BCUT2D eigenvalue weighted by Crippen LogP contribution is -2.22. The van der Waals surface area contributed by atoms with Gasteiger partial charge in [0.25, 0.3) is 5.56 Å². The van der Waals surface area contributed by atoms with Crippen LogP contribution in [0.15, 0.2) is 46.3 Å². The van der Waals surface area contributed by atoms with Gasteiger partial charge in [0.15, 0.2) is 11.9 Å². The van der Waals surface area contributed by atoms with Crippen molar-refractivity contribution in [1.29, 1.82) is 0 Å². The van der Waals surface area contributed by atoms with Crippen LogP contribution in [0, 0.1) is 0 Å². The minimum atomic E-state index is -0.0154. The number of thioether (sulfide) groups is 1. The van der Waals surface area contributed by atoms with Crippen LogP contribution in [0.4, 0.5) is 0 Å². The predicted octanol–water partition coefficient (Wildman–Crippen LogP) is 4.23. The fourth-order valence-electron chi connectivity index (χ4n) is 3.04. The Morgan fingerprint density at radius 1 is 1.31 bits per heavy atom. The number of ether oxygens (including phenoxy) is 2. The van der Waals surface area contributed by atoms with Crippen LogP contribution in [0.2, 0.25) is 5.02 Å². The van der Waals surface area contributed by atoms with Crippen LogP contribution in [0.5, 0.6) is 5.75 Å². The highest BCUT2D eigenvalue weighted by atomic mass is 35.5. The Hall–Kier alpha value is -2.02.